The van der Waals surface area contributed by atoms with Gasteiger partial charge in [-0.15, -0.1) is 0 Å². The number of methoxy groups -OCH3 is 1. The average molecular weight is 466 g/mol. The number of H-pyrrole nitrogens is 1. The van der Waals surface area contributed by atoms with Gasteiger partial charge in [0.15, 0.2) is 0 Å². The summed E-state index contributed by atoms with van der Waals surface area (Å²) in [5, 5.41) is 1.18. The van der Waals surface area contributed by atoms with Gasteiger partial charge in [-0.25, -0.2) is 4.79 Å². The van der Waals surface area contributed by atoms with Crippen LogP contribution in [0.15, 0.2) is 73.3 Å². The van der Waals surface area contributed by atoms with Gasteiger partial charge in [0, 0.05) is 16.5 Å². The number of benzene rings is 3. The first-order valence-electron chi connectivity index (χ1n) is 12.4. The Morgan fingerprint density at radius 2 is 1.83 bits per heavy atom. The summed E-state index contributed by atoms with van der Waals surface area (Å²) in [5.41, 5.74) is 7.22. The lowest BCUT2D eigenvalue weighted by molar-refractivity contribution is 0.0601. The maximum atomic E-state index is 12.2. The molecule has 1 N–H and O–H groups in total. The van der Waals surface area contributed by atoms with Gasteiger partial charge in [-0.05, 0) is 65.8 Å². The molecule has 1 saturated carbocycles. The van der Waals surface area contributed by atoms with Gasteiger partial charge >= 0.3 is 5.97 Å². The summed E-state index contributed by atoms with van der Waals surface area (Å²) in [7, 11) is 1.41. The van der Waals surface area contributed by atoms with Gasteiger partial charge in [0.25, 0.3) is 0 Å². The SMILES string of the molecule is C=Cc1cc(OCc2ccccc2)ccc1-c1[nH]c2cc(C(=O)OC)ccc2c1C1CCCCC1. The van der Waals surface area contributed by atoms with Crippen LogP contribution < -0.4 is 4.74 Å². The van der Waals surface area contributed by atoms with Crippen LogP contribution in [0.25, 0.3) is 28.2 Å². The number of ether oxygens (including phenoxy) is 2. The minimum absolute atomic E-state index is 0.325. The van der Waals surface area contributed by atoms with E-state index in [4.69, 9.17) is 9.47 Å². The Balaban J connectivity index is 1.56. The molecule has 0 aliphatic heterocycles. The molecule has 0 atom stereocenters. The third-order valence-electron chi connectivity index (χ3n) is 7.03. The minimum Gasteiger partial charge on any atom is -0.489 e. The van der Waals surface area contributed by atoms with Crippen molar-refractivity contribution >= 4 is 22.9 Å². The van der Waals surface area contributed by atoms with Crippen molar-refractivity contribution in [3.63, 3.8) is 0 Å². The molecule has 4 heteroatoms. The Kier molecular flexibility index (Phi) is 6.71. The third kappa shape index (κ3) is 4.74. The molecule has 1 aliphatic rings. The highest BCUT2D eigenvalue weighted by Crippen LogP contribution is 2.43. The molecule has 4 aromatic rings. The normalized spacial score (nSPS) is 14.1. The summed E-state index contributed by atoms with van der Waals surface area (Å²) in [4.78, 5) is 15.8. The Labute approximate surface area is 206 Å². The van der Waals surface area contributed by atoms with Gasteiger partial charge < -0.3 is 14.5 Å². The molecule has 35 heavy (non-hydrogen) atoms. The number of hydrogen-bond donors (Lipinski definition) is 1. The zero-order chi connectivity index (χ0) is 24.2. The van der Waals surface area contributed by atoms with Crippen LogP contribution in [0.1, 0.15) is 65.1 Å². The summed E-state index contributed by atoms with van der Waals surface area (Å²) in [5.74, 6) is 0.980. The molecule has 1 heterocycles. The van der Waals surface area contributed by atoms with Gasteiger partial charge in [0.2, 0.25) is 0 Å². The minimum atomic E-state index is -0.325. The number of fused-ring (bicyclic) bond motifs is 1. The third-order valence-corrected chi connectivity index (χ3v) is 7.03. The lowest BCUT2D eigenvalue weighted by Crippen LogP contribution is -2.06. The lowest BCUT2D eigenvalue weighted by Gasteiger charge is -2.23. The van der Waals surface area contributed by atoms with Crippen molar-refractivity contribution in [1.29, 1.82) is 0 Å². The first-order valence-corrected chi connectivity index (χ1v) is 12.4. The second-order valence-corrected chi connectivity index (χ2v) is 9.23. The van der Waals surface area contributed by atoms with Crippen LogP contribution in [0.2, 0.25) is 0 Å². The van der Waals surface area contributed by atoms with E-state index >= 15 is 0 Å². The van der Waals surface area contributed by atoms with E-state index in [0.29, 0.717) is 18.1 Å². The fraction of sp³-hybridized carbons (Fsp3) is 0.258. The van der Waals surface area contributed by atoms with Gasteiger partial charge in [-0.1, -0.05) is 68.3 Å². The maximum absolute atomic E-state index is 12.2. The number of carbonyl (C=O) groups excluding carboxylic acids is 1. The number of nitrogens with one attached hydrogen (secondary N) is 1. The van der Waals surface area contributed by atoms with E-state index in [1.54, 1.807) is 0 Å². The van der Waals surface area contributed by atoms with Gasteiger partial charge in [-0.3, -0.25) is 0 Å². The number of aromatic nitrogens is 1. The molecule has 0 spiro atoms. The van der Waals surface area contributed by atoms with Crippen LogP contribution in [0.4, 0.5) is 0 Å². The van der Waals surface area contributed by atoms with Gasteiger partial charge in [-0.2, -0.15) is 0 Å². The van der Waals surface area contributed by atoms with Crippen LogP contribution in [0.5, 0.6) is 5.75 Å². The highest BCUT2D eigenvalue weighted by molar-refractivity contribution is 5.98. The molecular formula is C31H31NO3. The fourth-order valence-corrected chi connectivity index (χ4v) is 5.26. The van der Waals surface area contributed by atoms with Crippen molar-refractivity contribution < 1.29 is 14.3 Å². The zero-order valence-electron chi connectivity index (χ0n) is 20.2. The summed E-state index contributed by atoms with van der Waals surface area (Å²) < 4.78 is 11.0. The number of hydrogen-bond acceptors (Lipinski definition) is 3. The molecule has 1 aliphatic carbocycles. The van der Waals surface area contributed by atoms with Gasteiger partial charge in [0.1, 0.15) is 12.4 Å². The molecule has 4 nitrogen and oxygen atoms in total. The van der Waals surface area contributed by atoms with Gasteiger partial charge in [0.05, 0.1) is 18.4 Å². The quantitative estimate of drug-likeness (QED) is 0.282. The molecular weight excluding hydrogens is 434 g/mol. The Bertz CT molecular complexity index is 1350. The Hall–Kier alpha value is -3.79. The number of aromatic amines is 1. The molecule has 5 rings (SSSR count). The fourth-order valence-electron chi connectivity index (χ4n) is 5.26. The summed E-state index contributed by atoms with van der Waals surface area (Å²) >= 11 is 0. The van der Waals surface area contributed by atoms with Crippen molar-refractivity contribution in [1.82, 2.24) is 4.98 Å². The number of rotatable bonds is 7. The zero-order valence-corrected chi connectivity index (χ0v) is 20.2. The molecule has 0 saturated heterocycles. The van der Waals surface area contributed by atoms with Crippen LogP contribution in [-0.4, -0.2) is 18.1 Å². The Morgan fingerprint density at radius 1 is 1.03 bits per heavy atom. The summed E-state index contributed by atoms with van der Waals surface area (Å²) in [6.45, 7) is 4.61. The highest BCUT2D eigenvalue weighted by atomic mass is 16.5. The van der Waals surface area contributed by atoms with E-state index in [-0.39, 0.29) is 5.97 Å². The summed E-state index contributed by atoms with van der Waals surface area (Å²) in [6, 6.07) is 22.2. The van der Waals surface area contributed by atoms with E-state index in [1.807, 2.05) is 42.5 Å². The summed E-state index contributed by atoms with van der Waals surface area (Å²) in [6.07, 6.45) is 8.04. The van der Waals surface area contributed by atoms with Crippen molar-refractivity contribution in [2.75, 3.05) is 7.11 Å². The van der Waals surface area contributed by atoms with E-state index in [1.165, 1.54) is 50.2 Å². The predicted octanol–water partition coefficient (Wildman–Crippen LogP) is 7.89. The highest BCUT2D eigenvalue weighted by Gasteiger charge is 2.25. The molecule has 0 unspecified atom stereocenters. The second-order valence-electron chi connectivity index (χ2n) is 9.23. The average Bonchev–Trinajstić information content (AvgIpc) is 3.30. The van der Waals surface area contributed by atoms with Crippen molar-refractivity contribution in [3.8, 4) is 17.0 Å². The topological polar surface area (TPSA) is 51.3 Å². The first-order chi connectivity index (χ1) is 17.2. The molecule has 1 aromatic heterocycles. The van der Waals surface area contributed by atoms with Crippen LogP contribution in [-0.2, 0) is 11.3 Å². The standard InChI is InChI=1S/C31H31NO3/c1-3-22-18-25(35-20-21-10-6-4-7-11-21)15-17-26(22)30-29(23-12-8-5-9-13-23)27-16-14-24(31(33)34-2)19-28(27)32-30/h3-4,6-7,10-11,14-19,23,32H,1,5,8-9,12-13,20H2,2H3. The first kappa shape index (κ1) is 23.0. The molecule has 0 bridgehead atoms. The maximum Gasteiger partial charge on any atom is 0.337 e. The number of esters is 1. The predicted molar refractivity (Wildman–Crippen MR) is 142 cm³/mol. The van der Waals surface area contributed by atoms with Crippen molar-refractivity contribution in [2.45, 2.75) is 44.6 Å². The molecule has 0 radical (unpaired) electrons. The molecule has 1 fully saturated rings. The molecule has 0 amide bonds. The smallest absolute Gasteiger partial charge is 0.337 e. The lowest BCUT2D eigenvalue weighted by atomic mass is 9.81. The van der Waals surface area contributed by atoms with E-state index < -0.39 is 0 Å². The molecule has 3 aromatic carbocycles. The molecule has 178 valence electrons. The van der Waals surface area contributed by atoms with Crippen LogP contribution in [0.3, 0.4) is 0 Å². The monoisotopic (exact) mass is 465 g/mol. The second kappa shape index (κ2) is 10.2. The number of carbonyl (C=O) groups is 1. The van der Waals surface area contributed by atoms with Crippen LogP contribution >= 0.6 is 0 Å². The van der Waals surface area contributed by atoms with Crippen molar-refractivity contribution in [3.05, 3.63) is 95.6 Å². The van der Waals surface area contributed by atoms with Crippen LogP contribution in [0, 0.1) is 0 Å². The van der Waals surface area contributed by atoms with E-state index in [2.05, 4.69) is 41.9 Å². The van der Waals surface area contributed by atoms with E-state index in [9.17, 15) is 4.79 Å². The van der Waals surface area contributed by atoms with Crippen molar-refractivity contribution in [2.24, 2.45) is 0 Å². The largest absolute Gasteiger partial charge is 0.489 e. The van der Waals surface area contributed by atoms with E-state index in [0.717, 1.165) is 33.7 Å². The Morgan fingerprint density at radius 3 is 2.57 bits per heavy atom.